The summed E-state index contributed by atoms with van der Waals surface area (Å²) in [5, 5.41) is 8.91. The van der Waals surface area contributed by atoms with Gasteiger partial charge >= 0.3 is 12.1 Å². The molecule has 0 aliphatic carbocycles. The van der Waals surface area contributed by atoms with Crippen LogP contribution in [0.3, 0.4) is 0 Å². The number of nitrogens with zero attached hydrogens (tertiary/aromatic N) is 2. The molecule has 1 saturated heterocycles. The van der Waals surface area contributed by atoms with Crippen molar-refractivity contribution >= 4 is 16.0 Å². The van der Waals surface area contributed by atoms with E-state index in [1.54, 1.807) is 6.07 Å². The second kappa shape index (κ2) is 10.2. The van der Waals surface area contributed by atoms with E-state index in [2.05, 4.69) is 0 Å². The van der Waals surface area contributed by atoms with E-state index in [4.69, 9.17) is 5.11 Å². The quantitative estimate of drug-likeness (QED) is 0.577. The van der Waals surface area contributed by atoms with Crippen molar-refractivity contribution in [2.24, 2.45) is 0 Å². The maximum atomic E-state index is 13.7. The van der Waals surface area contributed by atoms with Gasteiger partial charge in [0.15, 0.2) is 0 Å². The Hall–Kier alpha value is -2.50. The van der Waals surface area contributed by atoms with E-state index in [1.807, 2.05) is 4.90 Å². The van der Waals surface area contributed by atoms with E-state index in [0.29, 0.717) is 43.6 Å². The van der Waals surface area contributed by atoms with Gasteiger partial charge in [0.2, 0.25) is 10.0 Å². The summed E-state index contributed by atoms with van der Waals surface area (Å²) in [5.41, 5.74) is -0.401. The highest BCUT2D eigenvalue weighted by Gasteiger charge is 2.34. The molecule has 1 N–H and O–H groups in total. The van der Waals surface area contributed by atoms with Crippen molar-refractivity contribution in [3.05, 3.63) is 65.0 Å². The van der Waals surface area contributed by atoms with Gasteiger partial charge in [0.05, 0.1) is 16.9 Å². The first kappa shape index (κ1) is 25.1. The number of aryl methyl sites for hydroxylation is 1. The third kappa shape index (κ3) is 6.52. The summed E-state index contributed by atoms with van der Waals surface area (Å²) in [6.45, 7) is 2.09. The van der Waals surface area contributed by atoms with Gasteiger partial charge in [-0.15, -0.1) is 0 Å². The first-order valence-corrected chi connectivity index (χ1v) is 11.8. The number of carbonyl (C=O) groups is 1. The SMILES string of the molecule is O=C(O)Cc1cccc(S(=O)(=O)N2CCN(CCCc3ccc(C(F)(F)F)c(F)c3)CC2)c1. The second-order valence-electron chi connectivity index (χ2n) is 7.88. The number of sulfonamides is 1. The first-order valence-electron chi connectivity index (χ1n) is 10.4. The molecule has 3 rings (SSSR count). The molecule has 0 atom stereocenters. The average molecular weight is 489 g/mol. The zero-order valence-electron chi connectivity index (χ0n) is 17.7. The molecule has 2 aromatic rings. The molecule has 0 bridgehead atoms. The maximum absolute atomic E-state index is 13.7. The summed E-state index contributed by atoms with van der Waals surface area (Å²) in [7, 11) is -3.75. The number of rotatable bonds is 8. The number of aliphatic carboxylic acids is 1. The van der Waals surface area contributed by atoms with Crippen LogP contribution in [0.4, 0.5) is 17.6 Å². The number of benzene rings is 2. The van der Waals surface area contributed by atoms with E-state index < -0.39 is 33.5 Å². The number of alkyl halides is 3. The van der Waals surface area contributed by atoms with Gasteiger partial charge in [-0.1, -0.05) is 18.2 Å². The monoisotopic (exact) mass is 488 g/mol. The maximum Gasteiger partial charge on any atom is 0.419 e. The number of hydrogen-bond acceptors (Lipinski definition) is 4. The van der Waals surface area contributed by atoms with E-state index in [9.17, 15) is 30.8 Å². The van der Waals surface area contributed by atoms with Crippen LogP contribution in [0.2, 0.25) is 0 Å². The van der Waals surface area contributed by atoms with Crippen LogP contribution in [0.5, 0.6) is 0 Å². The molecular weight excluding hydrogens is 464 g/mol. The largest absolute Gasteiger partial charge is 0.481 e. The van der Waals surface area contributed by atoms with Gasteiger partial charge < -0.3 is 10.0 Å². The van der Waals surface area contributed by atoms with Crippen molar-refractivity contribution in [2.75, 3.05) is 32.7 Å². The Morgan fingerprint density at radius 2 is 1.70 bits per heavy atom. The van der Waals surface area contributed by atoms with E-state index in [-0.39, 0.29) is 24.4 Å². The fraction of sp³-hybridized carbons (Fsp3) is 0.409. The molecule has 0 spiro atoms. The van der Waals surface area contributed by atoms with Gasteiger partial charge in [0, 0.05) is 26.2 Å². The fourth-order valence-electron chi connectivity index (χ4n) is 3.78. The number of carboxylic acid groups (broad SMARTS) is 1. The third-order valence-corrected chi connectivity index (χ3v) is 7.40. The molecule has 180 valence electrons. The van der Waals surface area contributed by atoms with Crippen LogP contribution in [0, 0.1) is 5.82 Å². The van der Waals surface area contributed by atoms with E-state index in [0.717, 1.165) is 12.1 Å². The van der Waals surface area contributed by atoms with Gasteiger partial charge in [-0.05, 0) is 54.8 Å². The minimum atomic E-state index is -4.72. The molecule has 33 heavy (non-hydrogen) atoms. The van der Waals surface area contributed by atoms with E-state index in [1.165, 1.54) is 28.6 Å². The lowest BCUT2D eigenvalue weighted by atomic mass is 10.1. The summed E-state index contributed by atoms with van der Waals surface area (Å²) in [4.78, 5) is 13.0. The molecule has 1 aliphatic rings. The topological polar surface area (TPSA) is 77.9 Å². The van der Waals surface area contributed by atoms with Crippen LogP contribution in [-0.4, -0.2) is 61.4 Å². The normalized spacial score (nSPS) is 16.1. The molecule has 11 heteroatoms. The molecule has 1 aliphatic heterocycles. The van der Waals surface area contributed by atoms with Crippen molar-refractivity contribution in [1.82, 2.24) is 9.21 Å². The van der Waals surface area contributed by atoms with Crippen LogP contribution in [-0.2, 0) is 33.8 Å². The third-order valence-electron chi connectivity index (χ3n) is 5.50. The summed E-state index contributed by atoms with van der Waals surface area (Å²) >= 11 is 0. The second-order valence-corrected chi connectivity index (χ2v) is 9.82. The van der Waals surface area contributed by atoms with Crippen molar-refractivity contribution in [3.63, 3.8) is 0 Å². The molecule has 1 heterocycles. The Bertz CT molecular complexity index is 1100. The Morgan fingerprint density at radius 1 is 1.00 bits per heavy atom. The Labute approximate surface area is 189 Å². The van der Waals surface area contributed by atoms with Crippen molar-refractivity contribution in [3.8, 4) is 0 Å². The van der Waals surface area contributed by atoms with Crippen LogP contribution >= 0.6 is 0 Å². The number of carboxylic acids is 1. The van der Waals surface area contributed by atoms with Crippen molar-refractivity contribution < 1.29 is 35.9 Å². The molecule has 2 aromatic carbocycles. The van der Waals surface area contributed by atoms with Gasteiger partial charge in [0.25, 0.3) is 0 Å². The highest BCUT2D eigenvalue weighted by atomic mass is 32.2. The summed E-state index contributed by atoms with van der Waals surface area (Å²) in [6.07, 6.45) is -3.99. The Balaban J connectivity index is 1.51. The van der Waals surface area contributed by atoms with Crippen LogP contribution in [0.25, 0.3) is 0 Å². The lowest BCUT2D eigenvalue weighted by molar-refractivity contribution is -0.140. The minimum Gasteiger partial charge on any atom is -0.481 e. The molecule has 0 radical (unpaired) electrons. The smallest absolute Gasteiger partial charge is 0.419 e. The van der Waals surface area contributed by atoms with Crippen LogP contribution < -0.4 is 0 Å². The van der Waals surface area contributed by atoms with Gasteiger partial charge in [-0.2, -0.15) is 17.5 Å². The number of hydrogen-bond donors (Lipinski definition) is 1. The summed E-state index contributed by atoms with van der Waals surface area (Å²) in [6, 6.07) is 8.83. The first-order chi connectivity index (χ1) is 15.5. The lowest BCUT2D eigenvalue weighted by Gasteiger charge is -2.34. The van der Waals surface area contributed by atoms with Crippen LogP contribution in [0.15, 0.2) is 47.4 Å². The average Bonchev–Trinajstić information content (AvgIpc) is 2.73. The Kier molecular flexibility index (Phi) is 7.76. The Morgan fingerprint density at radius 3 is 2.30 bits per heavy atom. The standard InChI is InChI=1S/C22H24F4N2O4S/c23-20-14-16(6-7-19(20)22(24,25)26)4-2-8-27-9-11-28(12-10-27)33(31,32)18-5-1-3-17(13-18)15-21(29)30/h1,3,5-7,13-14H,2,4,8-12,15H2,(H,29,30). The summed E-state index contributed by atoms with van der Waals surface area (Å²) < 4.78 is 78.8. The lowest BCUT2D eigenvalue weighted by Crippen LogP contribution is -2.48. The van der Waals surface area contributed by atoms with E-state index >= 15 is 0 Å². The molecule has 0 aromatic heterocycles. The van der Waals surface area contributed by atoms with Gasteiger partial charge in [-0.25, -0.2) is 12.8 Å². The molecule has 0 unspecified atom stereocenters. The van der Waals surface area contributed by atoms with Crippen molar-refractivity contribution in [2.45, 2.75) is 30.3 Å². The fourth-order valence-corrected chi connectivity index (χ4v) is 5.28. The molecule has 0 saturated carbocycles. The highest BCUT2D eigenvalue weighted by Crippen LogP contribution is 2.31. The zero-order chi connectivity index (χ0) is 24.2. The van der Waals surface area contributed by atoms with Gasteiger partial charge in [-0.3, -0.25) is 4.79 Å². The highest BCUT2D eigenvalue weighted by molar-refractivity contribution is 7.89. The van der Waals surface area contributed by atoms with Gasteiger partial charge in [0.1, 0.15) is 5.82 Å². The van der Waals surface area contributed by atoms with Crippen molar-refractivity contribution in [1.29, 1.82) is 0 Å². The minimum absolute atomic E-state index is 0.0547. The predicted octanol–water partition coefficient (Wildman–Crippen LogP) is 3.41. The molecule has 0 amide bonds. The number of piperazine rings is 1. The zero-order valence-corrected chi connectivity index (χ0v) is 18.5. The molecular formula is C22H24F4N2O4S. The predicted molar refractivity (Wildman–Crippen MR) is 113 cm³/mol. The van der Waals surface area contributed by atoms with Crippen LogP contribution in [0.1, 0.15) is 23.1 Å². The summed E-state index contributed by atoms with van der Waals surface area (Å²) in [5.74, 6) is -2.33. The molecule has 6 nitrogen and oxygen atoms in total. The molecule has 1 fully saturated rings. The number of halogens is 4.